The molecule has 3 rings (SSSR count). The molecule has 1 aromatic carbocycles. The Balaban J connectivity index is 1.61. The lowest BCUT2D eigenvalue weighted by Crippen LogP contribution is -2.30. The maximum Gasteiger partial charge on any atom is 0.232 e. The minimum atomic E-state index is -0.261. The minimum Gasteiger partial charge on any atom is -0.358 e. The van der Waals surface area contributed by atoms with Crippen LogP contribution in [0.2, 0.25) is 5.15 Å². The molecule has 2 aromatic rings. The van der Waals surface area contributed by atoms with E-state index in [1.807, 2.05) is 0 Å². The van der Waals surface area contributed by atoms with Crippen LogP contribution >= 0.6 is 23.8 Å². The highest BCUT2D eigenvalue weighted by Crippen LogP contribution is 2.21. The van der Waals surface area contributed by atoms with Gasteiger partial charge in [0.05, 0.1) is 0 Å². The highest BCUT2D eigenvalue weighted by Gasteiger charge is 2.14. The molecule has 1 aliphatic heterocycles. The maximum absolute atomic E-state index is 12.9. The Morgan fingerprint density at radius 3 is 2.50 bits per heavy atom. The molecule has 0 radical (unpaired) electrons. The summed E-state index contributed by atoms with van der Waals surface area (Å²) in [6.07, 6.45) is 4.81. The highest BCUT2D eigenvalue weighted by molar-refractivity contribution is 7.80. The van der Waals surface area contributed by atoms with Crippen LogP contribution in [0, 0.1) is 5.82 Å². The summed E-state index contributed by atoms with van der Waals surface area (Å²) >= 11 is 11.5. The van der Waals surface area contributed by atoms with E-state index in [-0.39, 0.29) is 5.82 Å². The molecule has 0 amide bonds. The lowest BCUT2D eigenvalue weighted by atomic mass is 10.2. The van der Waals surface area contributed by atoms with Gasteiger partial charge in [-0.1, -0.05) is 36.6 Å². The Hall–Kier alpha value is -1.99. The Bertz CT molecular complexity index is 748. The molecule has 1 aromatic heterocycles. The number of hydrogen-bond donors (Lipinski definition) is 2. The van der Waals surface area contributed by atoms with Crippen LogP contribution in [0.15, 0.2) is 30.3 Å². The summed E-state index contributed by atoms with van der Waals surface area (Å²) in [6.45, 7) is 2.42. The first kappa shape index (κ1) is 18.8. The average Bonchev–Trinajstić information content (AvgIpc) is 2.90. The van der Waals surface area contributed by atoms with Crippen LogP contribution in [0.1, 0.15) is 31.2 Å². The van der Waals surface area contributed by atoms with Crippen LogP contribution in [0.4, 0.5) is 16.2 Å². The van der Waals surface area contributed by atoms with E-state index >= 15 is 0 Å². The van der Waals surface area contributed by atoms with Crippen molar-refractivity contribution in [3.05, 3.63) is 46.9 Å². The maximum atomic E-state index is 12.9. The second-order valence-electron chi connectivity index (χ2n) is 6.21. The minimum absolute atomic E-state index is 0.261. The fourth-order valence-corrected chi connectivity index (χ4v) is 3.19. The molecular weight excluding hydrogens is 373 g/mol. The van der Waals surface area contributed by atoms with Gasteiger partial charge in [0.1, 0.15) is 16.8 Å². The molecule has 0 bridgehead atoms. The van der Waals surface area contributed by atoms with Crippen LogP contribution in [-0.4, -0.2) is 28.2 Å². The van der Waals surface area contributed by atoms with Gasteiger partial charge in [-0.15, -0.1) is 0 Å². The van der Waals surface area contributed by atoms with E-state index in [0.717, 1.165) is 37.3 Å². The fraction of sp³-hybridized carbons (Fsp3) is 0.389. The predicted octanol–water partition coefficient (Wildman–Crippen LogP) is 4.14. The fourth-order valence-electron chi connectivity index (χ4n) is 2.85. The van der Waals surface area contributed by atoms with E-state index in [4.69, 9.17) is 23.8 Å². The molecule has 0 saturated carbocycles. The van der Waals surface area contributed by atoms with Gasteiger partial charge in [-0.25, -0.2) is 9.37 Å². The number of nitrogens with zero attached hydrogens (tertiary/aromatic N) is 3. The molecule has 0 unspecified atom stereocenters. The van der Waals surface area contributed by atoms with Crippen LogP contribution in [-0.2, 0) is 6.54 Å². The summed E-state index contributed by atoms with van der Waals surface area (Å²) in [7, 11) is 0. The van der Waals surface area contributed by atoms with Gasteiger partial charge in [-0.05, 0) is 42.8 Å². The van der Waals surface area contributed by atoms with Crippen LogP contribution in [0.5, 0.6) is 0 Å². The van der Waals surface area contributed by atoms with Gasteiger partial charge < -0.3 is 15.5 Å². The SMILES string of the molecule is Fc1ccc(CNC(=S)Nc2nc(Cl)cc(N3CCCCCC3)n2)cc1. The number of aromatic nitrogens is 2. The molecule has 5 nitrogen and oxygen atoms in total. The summed E-state index contributed by atoms with van der Waals surface area (Å²) in [4.78, 5) is 11.0. The first-order valence-corrected chi connectivity index (χ1v) is 9.47. The monoisotopic (exact) mass is 393 g/mol. The third-order valence-electron chi connectivity index (χ3n) is 4.20. The van der Waals surface area contributed by atoms with Gasteiger partial charge >= 0.3 is 0 Å². The molecule has 0 aliphatic carbocycles. The van der Waals surface area contributed by atoms with Gasteiger partial charge in [-0.3, -0.25) is 0 Å². The van der Waals surface area contributed by atoms with E-state index in [0.29, 0.717) is 22.8 Å². The molecule has 138 valence electrons. The van der Waals surface area contributed by atoms with Crippen LogP contribution in [0.3, 0.4) is 0 Å². The molecule has 0 spiro atoms. The Kier molecular flexibility index (Phi) is 6.57. The topological polar surface area (TPSA) is 53.1 Å². The summed E-state index contributed by atoms with van der Waals surface area (Å²) in [5.74, 6) is 0.923. The predicted molar refractivity (Wildman–Crippen MR) is 107 cm³/mol. The normalized spacial score (nSPS) is 14.6. The second kappa shape index (κ2) is 9.09. The molecular formula is C18H21ClFN5S. The third-order valence-corrected chi connectivity index (χ3v) is 4.64. The number of anilines is 2. The highest BCUT2D eigenvalue weighted by atomic mass is 35.5. The van der Waals surface area contributed by atoms with Crippen LogP contribution < -0.4 is 15.5 Å². The zero-order chi connectivity index (χ0) is 18.4. The quantitative estimate of drug-likeness (QED) is 0.601. The van der Waals surface area contributed by atoms with Crippen molar-refractivity contribution < 1.29 is 4.39 Å². The Morgan fingerprint density at radius 1 is 1.12 bits per heavy atom. The first-order chi connectivity index (χ1) is 12.6. The van der Waals surface area contributed by atoms with Crippen molar-refractivity contribution in [1.82, 2.24) is 15.3 Å². The Morgan fingerprint density at radius 2 is 1.81 bits per heavy atom. The molecule has 2 heterocycles. The zero-order valence-electron chi connectivity index (χ0n) is 14.3. The van der Waals surface area contributed by atoms with Gasteiger partial charge in [0, 0.05) is 25.7 Å². The van der Waals surface area contributed by atoms with Crippen molar-refractivity contribution in [2.24, 2.45) is 0 Å². The van der Waals surface area contributed by atoms with Gasteiger partial charge in [-0.2, -0.15) is 4.98 Å². The number of benzene rings is 1. The molecule has 8 heteroatoms. The van der Waals surface area contributed by atoms with Crippen molar-refractivity contribution in [3.63, 3.8) is 0 Å². The van der Waals surface area contributed by atoms with E-state index in [1.54, 1.807) is 18.2 Å². The van der Waals surface area contributed by atoms with Gasteiger partial charge in [0.2, 0.25) is 5.95 Å². The Labute approximate surface area is 163 Å². The standard InChI is InChI=1S/C18H21ClFN5S/c19-15-11-16(25-9-3-1-2-4-10-25)23-17(22-15)24-18(26)21-12-13-5-7-14(20)8-6-13/h5-8,11H,1-4,9-10,12H2,(H2,21,22,23,24,26). The number of thiocarbonyl (C=S) groups is 1. The van der Waals surface area contributed by atoms with Crippen molar-refractivity contribution in [2.45, 2.75) is 32.2 Å². The van der Waals surface area contributed by atoms with Gasteiger partial charge in [0.25, 0.3) is 0 Å². The van der Waals surface area contributed by atoms with Crippen molar-refractivity contribution in [1.29, 1.82) is 0 Å². The average molecular weight is 394 g/mol. The van der Waals surface area contributed by atoms with Crippen molar-refractivity contribution >= 4 is 40.7 Å². The van der Waals surface area contributed by atoms with E-state index in [1.165, 1.54) is 25.0 Å². The van der Waals surface area contributed by atoms with Crippen LogP contribution in [0.25, 0.3) is 0 Å². The van der Waals surface area contributed by atoms with E-state index in [2.05, 4.69) is 25.5 Å². The third kappa shape index (κ3) is 5.51. The smallest absolute Gasteiger partial charge is 0.232 e. The summed E-state index contributed by atoms with van der Waals surface area (Å²) in [5.41, 5.74) is 0.924. The van der Waals surface area contributed by atoms with E-state index < -0.39 is 0 Å². The lowest BCUT2D eigenvalue weighted by molar-refractivity contribution is 0.627. The first-order valence-electron chi connectivity index (χ1n) is 8.69. The summed E-state index contributed by atoms with van der Waals surface area (Å²) in [6, 6.07) is 8.03. The van der Waals surface area contributed by atoms with E-state index in [9.17, 15) is 4.39 Å². The summed E-state index contributed by atoms with van der Waals surface area (Å²) in [5, 5.41) is 6.79. The van der Waals surface area contributed by atoms with Gasteiger partial charge in [0.15, 0.2) is 5.11 Å². The molecule has 0 atom stereocenters. The molecule has 1 fully saturated rings. The number of rotatable bonds is 4. The molecule has 1 saturated heterocycles. The number of hydrogen-bond acceptors (Lipinski definition) is 4. The van der Waals surface area contributed by atoms with Crippen molar-refractivity contribution in [3.8, 4) is 0 Å². The second-order valence-corrected chi connectivity index (χ2v) is 7.00. The molecule has 1 aliphatic rings. The number of nitrogens with one attached hydrogen (secondary N) is 2. The zero-order valence-corrected chi connectivity index (χ0v) is 15.9. The lowest BCUT2D eigenvalue weighted by Gasteiger charge is -2.22. The largest absolute Gasteiger partial charge is 0.358 e. The summed E-state index contributed by atoms with van der Waals surface area (Å²) < 4.78 is 12.9. The molecule has 26 heavy (non-hydrogen) atoms. The number of halogens is 2. The van der Waals surface area contributed by atoms with Crippen molar-refractivity contribution in [2.75, 3.05) is 23.3 Å². The molecule has 2 N–H and O–H groups in total.